The second-order valence-electron chi connectivity index (χ2n) is 24.4. The molecule has 0 radical (unpaired) electrons. The van der Waals surface area contributed by atoms with Gasteiger partial charge < -0.3 is 14.5 Å². The largest absolute Gasteiger partial charge is 0.457 e. The number of benzene rings is 7. The molecule has 0 atom stereocenters. The van der Waals surface area contributed by atoms with Gasteiger partial charge in [0.1, 0.15) is 17.3 Å². The fourth-order valence-electron chi connectivity index (χ4n) is 10.5. The summed E-state index contributed by atoms with van der Waals surface area (Å²) in [7, 11) is 0. The maximum absolute atomic E-state index is 7.14. The van der Waals surface area contributed by atoms with E-state index in [9.17, 15) is 0 Å². The molecule has 10 rings (SSSR count). The average molecular weight is 961 g/mol. The quantitative estimate of drug-likeness (QED) is 0.137. The van der Waals surface area contributed by atoms with Gasteiger partial charge in [0.15, 0.2) is 0 Å². The average Bonchev–Trinajstić information content (AvgIpc) is 3.97. The van der Waals surface area contributed by atoms with Crippen LogP contribution in [0.5, 0.6) is 11.5 Å². The van der Waals surface area contributed by atoms with E-state index >= 15 is 0 Å². The van der Waals surface area contributed by atoms with Crippen molar-refractivity contribution < 1.29 is 4.74 Å². The summed E-state index contributed by atoms with van der Waals surface area (Å²) in [5, 5.41) is 2.35. The summed E-state index contributed by atoms with van der Waals surface area (Å²) >= 11 is 0. The Kier molecular flexibility index (Phi) is 12.3. The Balaban J connectivity index is 1.11. The minimum Gasteiger partial charge on any atom is -0.457 e. The molecule has 0 N–H and O–H groups in total. The van der Waals surface area contributed by atoms with Gasteiger partial charge in [-0.05, 0) is 121 Å². The molecule has 5 nitrogen and oxygen atoms in total. The van der Waals surface area contributed by atoms with Crippen molar-refractivity contribution in [3.63, 3.8) is 0 Å². The van der Waals surface area contributed by atoms with Gasteiger partial charge in [-0.1, -0.05) is 193 Å². The van der Waals surface area contributed by atoms with Crippen LogP contribution in [-0.4, -0.2) is 16.2 Å². The van der Waals surface area contributed by atoms with Crippen LogP contribution in [0.15, 0.2) is 194 Å². The molecule has 5 heteroatoms. The smallest absolute Gasteiger partial charge is 0.137 e. The standard InChI is InChI=1S/C68H72N4O/c1-64(2,3)50-29-32-60-59(40-50)58-31-30-56(43-61(58)72(60)63-41-51(33-34-69-63)67(10,11)48-25-19-15-20-26-48)73-57-36-47(46-23-17-14-18-24-46)35-54(42-57)70-44-62(68(12,13)49-27-21-16-22-28-49)71(45-70)55-38-52(65(4,5)6)37-53(39-55)66(7,8)9/h14-44H,45H2,1-13H3. The first-order valence-corrected chi connectivity index (χ1v) is 26.0. The summed E-state index contributed by atoms with van der Waals surface area (Å²) in [6.07, 6.45) is 4.33. The van der Waals surface area contributed by atoms with Gasteiger partial charge in [-0.15, -0.1) is 0 Å². The zero-order chi connectivity index (χ0) is 51.7. The molecule has 0 fully saturated rings. The van der Waals surface area contributed by atoms with Crippen LogP contribution in [-0.2, 0) is 27.1 Å². The Hall–Kier alpha value is -7.37. The van der Waals surface area contributed by atoms with Crippen molar-refractivity contribution in [2.75, 3.05) is 16.5 Å². The van der Waals surface area contributed by atoms with Crippen LogP contribution in [0.4, 0.5) is 11.4 Å². The molecule has 1 aliphatic rings. The van der Waals surface area contributed by atoms with Crippen LogP contribution in [0.1, 0.15) is 123 Å². The highest BCUT2D eigenvalue weighted by atomic mass is 16.5. The molecule has 0 amide bonds. The van der Waals surface area contributed by atoms with Gasteiger partial charge in [0.2, 0.25) is 0 Å². The molecule has 2 aromatic heterocycles. The van der Waals surface area contributed by atoms with E-state index in [0.29, 0.717) is 6.67 Å². The molecule has 3 heterocycles. The number of allylic oxidation sites excluding steroid dienone is 1. The number of ether oxygens (including phenoxy) is 1. The molecular weight excluding hydrogens is 889 g/mol. The Bertz CT molecular complexity index is 3470. The fraction of sp³-hybridized carbons (Fsp3) is 0.279. The van der Waals surface area contributed by atoms with Gasteiger partial charge in [0.25, 0.3) is 0 Å². The highest BCUT2D eigenvalue weighted by molar-refractivity contribution is 6.10. The number of fused-ring (bicyclic) bond motifs is 3. The predicted octanol–water partition coefficient (Wildman–Crippen LogP) is 18.0. The number of rotatable bonds is 10. The third-order valence-corrected chi connectivity index (χ3v) is 15.3. The molecule has 0 saturated heterocycles. The monoisotopic (exact) mass is 961 g/mol. The first-order valence-electron chi connectivity index (χ1n) is 26.0. The number of hydrogen-bond acceptors (Lipinski definition) is 4. The van der Waals surface area contributed by atoms with Crippen molar-refractivity contribution in [3.05, 3.63) is 227 Å². The zero-order valence-corrected chi connectivity index (χ0v) is 45.3. The number of nitrogens with zero attached hydrogens (tertiary/aromatic N) is 4. The molecule has 1 aliphatic heterocycles. The lowest BCUT2D eigenvalue weighted by molar-refractivity contribution is 0.483. The molecule has 0 bridgehead atoms. The van der Waals surface area contributed by atoms with E-state index in [-0.39, 0.29) is 27.1 Å². The lowest BCUT2D eigenvalue weighted by Gasteiger charge is -2.36. The number of anilines is 2. The van der Waals surface area contributed by atoms with Crippen LogP contribution in [0.2, 0.25) is 0 Å². The Morgan fingerprint density at radius 2 is 1.01 bits per heavy atom. The minimum atomic E-state index is -0.320. The van der Waals surface area contributed by atoms with E-state index in [1.54, 1.807) is 0 Å². The topological polar surface area (TPSA) is 33.5 Å². The number of pyridine rings is 1. The first kappa shape index (κ1) is 49.2. The van der Waals surface area contributed by atoms with Crippen molar-refractivity contribution in [1.82, 2.24) is 9.55 Å². The van der Waals surface area contributed by atoms with Gasteiger partial charge in [-0.3, -0.25) is 4.57 Å². The molecular formula is C68H72N4O. The summed E-state index contributed by atoms with van der Waals surface area (Å²) in [5.41, 5.74) is 14.9. The molecule has 0 aliphatic carbocycles. The lowest BCUT2D eigenvalue weighted by Crippen LogP contribution is -2.34. The molecule has 7 aromatic carbocycles. The van der Waals surface area contributed by atoms with Crippen LogP contribution >= 0.6 is 0 Å². The summed E-state index contributed by atoms with van der Waals surface area (Å²) in [5.74, 6) is 2.39. The van der Waals surface area contributed by atoms with Gasteiger partial charge in [-0.2, -0.15) is 0 Å². The minimum absolute atomic E-state index is 0.0174. The summed E-state index contributed by atoms with van der Waals surface area (Å²) < 4.78 is 9.46. The van der Waals surface area contributed by atoms with Crippen molar-refractivity contribution in [2.45, 2.75) is 117 Å². The maximum Gasteiger partial charge on any atom is 0.137 e. The summed E-state index contributed by atoms with van der Waals surface area (Å²) in [6.45, 7) is 30.7. The van der Waals surface area contributed by atoms with Crippen LogP contribution in [0.3, 0.4) is 0 Å². The lowest BCUT2D eigenvalue weighted by atomic mass is 9.78. The predicted molar refractivity (Wildman–Crippen MR) is 309 cm³/mol. The summed E-state index contributed by atoms with van der Waals surface area (Å²) in [4.78, 5) is 10.0. The third-order valence-electron chi connectivity index (χ3n) is 15.3. The zero-order valence-electron chi connectivity index (χ0n) is 45.3. The third kappa shape index (κ3) is 9.59. The van der Waals surface area contributed by atoms with Gasteiger partial charge in [-0.25, -0.2) is 4.98 Å². The van der Waals surface area contributed by atoms with Crippen molar-refractivity contribution in [3.8, 4) is 28.4 Å². The van der Waals surface area contributed by atoms with E-state index in [4.69, 9.17) is 9.72 Å². The molecule has 73 heavy (non-hydrogen) atoms. The van der Waals surface area contributed by atoms with Gasteiger partial charge in [0.05, 0.1) is 17.7 Å². The number of hydrogen-bond donors (Lipinski definition) is 0. The Morgan fingerprint density at radius 1 is 0.411 bits per heavy atom. The van der Waals surface area contributed by atoms with Crippen molar-refractivity contribution in [2.24, 2.45) is 0 Å². The first-order chi connectivity index (χ1) is 34.6. The van der Waals surface area contributed by atoms with E-state index < -0.39 is 0 Å². The van der Waals surface area contributed by atoms with Crippen molar-refractivity contribution in [1.29, 1.82) is 0 Å². The molecule has 370 valence electrons. The molecule has 0 saturated carbocycles. The maximum atomic E-state index is 7.14. The number of aromatic nitrogens is 2. The van der Waals surface area contributed by atoms with Crippen LogP contribution < -0.4 is 14.5 Å². The van der Waals surface area contributed by atoms with Crippen molar-refractivity contribution >= 4 is 33.2 Å². The highest BCUT2D eigenvalue weighted by Gasteiger charge is 2.37. The van der Waals surface area contributed by atoms with E-state index in [2.05, 4.69) is 287 Å². The van der Waals surface area contributed by atoms with E-state index in [0.717, 1.165) is 50.6 Å². The summed E-state index contributed by atoms with van der Waals surface area (Å²) in [6, 6.07) is 64.1. The highest BCUT2D eigenvalue weighted by Crippen LogP contribution is 2.45. The SMILES string of the molecule is CC(C)(C)c1cc(N2CN(c3cc(Oc4ccc5c6cc(C(C)(C)C)ccc6n(-c6cc(C(C)(C)c7ccccc7)ccn6)c5c4)cc(-c4ccccc4)c3)C=C2C(C)(C)c2ccccc2)cc(C(C)(C)C)c1. The van der Waals surface area contributed by atoms with Crippen LogP contribution in [0.25, 0.3) is 38.8 Å². The van der Waals surface area contributed by atoms with Gasteiger partial charge in [0, 0.05) is 63.2 Å². The molecule has 0 unspecified atom stereocenters. The molecule has 0 spiro atoms. The second-order valence-corrected chi connectivity index (χ2v) is 24.4. The second kappa shape index (κ2) is 18.3. The Labute approximate surface area is 434 Å². The Morgan fingerprint density at radius 3 is 1.63 bits per heavy atom. The van der Waals surface area contributed by atoms with E-state index in [1.165, 1.54) is 50.2 Å². The van der Waals surface area contributed by atoms with Crippen LogP contribution in [0, 0.1) is 0 Å². The van der Waals surface area contributed by atoms with Gasteiger partial charge >= 0.3 is 0 Å². The fourth-order valence-corrected chi connectivity index (χ4v) is 10.5. The molecule has 9 aromatic rings. The van der Waals surface area contributed by atoms with E-state index in [1.807, 2.05) is 6.20 Å². The normalized spacial score (nSPS) is 13.8.